The van der Waals surface area contributed by atoms with E-state index in [1.54, 1.807) is 0 Å². The van der Waals surface area contributed by atoms with Crippen LogP contribution in [0.4, 0.5) is 0 Å². The van der Waals surface area contributed by atoms with Crippen LogP contribution in [0.5, 0.6) is 0 Å². The standard InChI is InChI=1S/C19H42N/c1-18(2,3)15-12-14-17(19(4,5)6)13-10-11-16-20(7,8)9/h17H,10-16H2,1-9H3/q+1. The van der Waals surface area contributed by atoms with Gasteiger partial charge in [0.25, 0.3) is 0 Å². The summed E-state index contributed by atoms with van der Waals surface area (Å²) in [5, 5.41) is 0. The van der Waals surface area contributed by atoms with Gasteiger partial charge in [0.2, 0.25) is 0 Å². The monoisotopic (exact) mass is 284 g/mol. The molecule has 0 aromatic heterocycles. The average molecular weight is 285 g/mol. The Kier molecular flexibility index (Phi) is 7.81. The maximum atomic E-state index is 2.43. The Bertz CT molecular complexity index is 246. The first kappa shape index (κ1) is 20.0. The van der Waals surface area contributed by atoms with Crippen molar-refractivity contribution in [1.82, 2.24) is 0 Å². The van der Waals surface area contributed by atoms with Crippen molar-refractivity contribution in [3.05, 3.63) is 0 Å². The summed E-state index contributed by atoms with van der Waals surface area (Å²) in [6, 6.07) is 0. The lowest BCUT2D eigenvalue weighted by atomic mass is 9.74. The number of quaternary nitrogens is 1. The summed E-state index contributed by atoms with van der Waals surface area (Å²) in [7, 11) is 6.89. The van der Waals surface area contributed by atoms with Gasteiger partial charge in [-0.05, 0) is 48.9 Å². The Morgan fingerprint density at radius 1 is 0.750 bits per heavy atom. The van der Waals surface area contributed by atoms with E-state index in [2.05, 4.69) is 62.7 Å². The number of unbranched alkanes of at least 4 members (excludes halogenated alkanes) is 1. The smallest absolute Gasteiger partial charge is 0.0780 e. The van der Waals surface area contributed by atoms with Gasteiger partial charge in [-0.15, -0.1) is 0 Å². The molecule has 0 saturated heterocycles. The highest BCUT2D eigenvalue weighted by molar-refractivity contribution is 4.75. The Balaban J connectivity index is 4.11. The summed E-state index contributed by atoms with van der Waals surface area (Å²) in [5.74, 6) is 0.886. The van der Waals surface area contributed by atoms with Gasteiger partial charge in [0, 0.05) is 0 Å². The topological polar surface area (TPSA) is 0 Å². The highest BCUT2D eigenvalue weighted by atomic mass is 15.3. The second kappa shape index (κ2) is 7.82. The third kappa shape index (κ3) is 11.8. The van der Waals surface area contributed by atoms with Crippen LogP contribution in [-0.2, 0) is 0 Å². The van der Waals surface area contributed by atoms with Gasteiger partial charge in [-0.3, -0.25) is 0 Å². The van der Waals surface area contributed by atoms with Crippen LogP contribution in [0, 0.1) is 16.7 Å². The molecule has 0 amide bonds. The third-order valence-corrected chi connectivity index (χ3v) is 4.34. The van der Waals surface area contributed by atoms with Crippen molar-refractivity contribution in [3.63, 3.8) is 0 Å². The maximum absolute atomic E-state index is 2.43. The zero-order valence-electron chi connectivity index (χ0n) is 16.0. The highest BCUT2D eigenvalue weighted by Gasteiger charge is 2.24. The molecule has 0 aliphatic carbocycles. The molecule has 0 bridgehead atoms. The van der Waals surface area contributed by atoms with Gasteiger partial charge < -0.3 is 4.48 Å². The van der Waals surface area contributed by atoms with Gasteiger partial charge in [-0.1, -0.05) is 48.0 Å². The van der Waals surface area contributed by atoms with Crippen LogP contribution in [0.1, 0.15) is 80.1 Å². The maximum Gasteiger partial charge on any atom is 0.0780 e. The molecule has 1 atom stereocenters. The first-order valence-electron chi connectivity index (χ1n) is 8.62. The van der Waals surface area contributed by atoms with E-state index in [9.17, 15) is 0 Å². The SMILES string of the molecule is CC(C)(C)CCCC(CCCC[N+](C)(C)C)C(C)(C)C. The minimum absolute atomic E-state index is 0.467. The van der Waals surface area contributed by atoms with E-state index in [-0.39, 0.29) is 0 Å². The first-order chi connectivity index (χ1) is 8.81. The van der Waals surface area contributed by atoms with E-state index in [1.165, 1.54) is 45.1 Å². The van der Waals surface area contributed by atoms with Crippen LogP contribution >= 0.6 is 0 Å². The Morgan fingerprint density at radius 3 is 1.65 bits per heavy atom. The van der Waals surface area contributed by atoms with Crippen molar-refractivity contribution in [2.75, 3.05) is 27.7 Å². The molecule has 0 aliphatic heterocycles. The summed E-state index contributed by atoms with van der Waals surface area (Å²) >= 11 is 0. The molecule has 0 aromatic rings. The molecule has 1 unspecified atom stereocenters. The molecular weight excluding hydrogens is 242 g/mol. The lowest BCUT2D eigenvalue weighted by molar-refractivity contribution is -0.870. The largest absolute Gasteiger partial charge is 0.331 e. The molecule has 20 heavy (non-hydrogen) atoms. The van der Waals surface area contributed by atoms with Crippen LogP contribution in [0.2, 0.25) is 0 Å². The van der Waals surface area contributed by atoms with E-state index in [0.717, 1.165) is 10.4 Å². The molecule has 1 heteroatoms. The zero-order valence-corrected chi connectivity index (χ0v) is 16.0. The van der Waals surface area contributed by atoms with Crippen molar-refractivity contribution in [2.45, 2.75) is 80.1 Å². The lowest BCUT2D eigenvalue weighted by Crippen LogP contribution is -2.35. The van der Waals surface area contributed by atoms with Gasteiger partial charge >= 0.3 is 0 Å². The van der Waals surface area contributed by atoms with Gasteiger partial charge in [0.15, 0.2) is 0 Å². The van der Waals surface area contributed by atoms with Crippen LogP contribution in [-0.4, -0.2) is 32.2 Å². The molecule has 0 rings (SSSR count). The minimum Gasteiger partial charge on any atom is -0.331 e. The van der Waals surface area contributed by atoms with E-state index in [4.69, 9.17) is 0 Å². The molecule has 1 nitrogen and oxygen atoms in total. The van der Waals surface area contributed by atoms with Crippen LogP contribution in [0.3, 0.4) is 0 Å². The summed E-state index contributed by atoms with van der Waals surface area (Å²) in [6.07, 6.45) is 8.33. The molecule has 0 spiro atoms. The molecule has 0 heterocycles. The van der Waals surface area contributed by atoms with E-state index >= 15 is 0 Å². The van der Waals surface area contributed by atoms with Crippen molar-refractivity contribution >= 4 is 0 Å². The van der Waals surface area contributed by atoms with Gasteiger partial charge in [-0.25, -0.2) is 0 Å². The molecule has 0 aromatic carbocycles. The fourth-order valence-corrected chi connectivity index (χ4v) is 2.87. The van der Waals surface area contributed by atoms with Crippen LogP contribution in [0.25, 0.3) is 0 Å². The van der Waals surface area contributed by atoms with Crippen molar-refractivity contribution in [1.29, 1.82) is 0 Å². The third-order valence-electron chi connectivity index (χ3n) is 4.34. The number of nitrogens with zero attached hydrogens (tertiary/aromatic N) is 1. The highest BCUT2D eigenvalue weighted by Crippen LogP contribution is 2.35. The first-order valence-corrected chi connectivity index (χ1v) is 8.62. The zero-order chi connectivity index (χ0) is 16.0. The fraction of sp³-hybridized carbons (Fsp3) is 1.00. The molecule has 0 N–H and O–H groups in total. The molecule has 0 fully saturated rings. The predicted molar refractivity (Wildman–Crippen MR) is 93.0 cm³/mol. The van der Waals surface area contributed by atoms with Gasteiger partial charge in [0.1, 0.15) is 0 Å². The van der Waals surface area contributed by atoms with E-state index in [0.29, 0.717) is 10.8 Å². The second-order valence-corrected chi connectivity index (χ2v) is 10.0. The van der Waals surface area contributed by atoms with Crippen molar-refractivity contribution in [2.24, 2.45) is 16.7 Å². The quantitative estimate of drug-likeness (QED) is 0.394. The number of rotatable bonds is 8. The summed E-state index contributed by atoms with van der Waals surface area (Å²) in [6.45, 7) is 15.7. The van der Waals surface area contributed by atoms with Gasteiger partial charge in [0.05, 0.1) is 27.7 Å². The summed E-state index contributed by atoms with van der Waals surface area (Å²) in [5.41, 5.74) is 0.959. The normalized spacial score (nSPS) is 15.4. The van der Waals surface area contributed by atoms with Crippen LogP contribution in [0.15, 0.2) is 0 Å². The Hall–Kier alpha value is -0.0400. The minimum atomic E-state index is 0.467. The Labute approximate surface area is 129 Å². The molecule has 122 valence electrons. The van der Waals surface area contributed by atoms with Crippen molar-refractivity contribution < 1.29 is 4.48 Å². The molecule has 0 radical (unpaired) electrons. The van der Waals surface area contributed by atoms with E-state index in [1.807, 2.05) is 0 Å². The van der Waals surface area contributed by atoms with Crippen LogP contribution < -0.4 is 0 Å². The predicted octanol–water partition coefficient (Wildman–Crippen LogP) is 5.74. The second-order valence-electron chi connectivity index (χ2n) is 10.0. The molecular formula is C19H42N+. The lowest BCUT2D eigenvalue weighted by Gasteiger charge is -2.32. The molecule has 0 aliphatic rings. The van der Waals surface area contributed by atoms with Crippen molar-refractivity contribution in [3.8, 4) is 0 Å². The summed E-state index contributed by atoms with van der Waals surface area (Å²) < 4.78 is 1.10. The van der Waals surface area contributed by atoms with E-state index < -0.39 is 0 Å². The van der Waals surface area contributed by atoms with Gasteiger partial charge in [-0.2, -0.15) is 0 Å². The average Bonchev–Trinajstić information content (AvgIpc) is 2.16. The Morgan fingerprint density at radius 2 is 1.25 bits per heavy atom. The molecule has 0 saturated carbocycles. The number of hydrogen-bond donors (Lipinski definition) is 0. The fourth-order valence-electron chi connectivity index (χ4n) is 2.87. The number of hydrogen-bond acceptors (Lipinski definition) is 0. The summed E-state index contributed by atoms with van der Waals surface area (Å²) in [4.78, 5) is 0.